The van der Waals surface area contributed by atoms with Crippen LogP contribution in [0.5, 0.6) is 0 Å². The predicted octanol–water partition coefficient (Wildman–Crippen LogP) is 1.26. The van der Waals surface area contributed by atoms with Crippen molar-refractivity contribution in [1.29, 1.82) is 0 Å². The number of benzene rings is 1. The number of hydrogen-bond acceptors (Lipinski definition) is 3. The fraction of sp³-hybridized carbons (Fsp3) is 0.529. The van der Waals surface area contributed by atoms with Crippen LogP contribution in [0.3, 0.4) is 0 Å². The number of amides is 2. The number of hydrogen-bond donors (Lipinski definition) is 2. The molecule has 1 atom stereocenters. The molecule has 1 saturated heterocycles. The summed E-state index contributed by atoms with van der Waals surface area (Å²) in [6.45, 7) is 2.93. The normalized spacial score (nSPS) is 18.0. The highest BCUT2D eigenvalue weighted by molar-refractivity contribution is 5.94. The molecule has 0 aromatic heterocycles. The Bertz CT molecular complexity index is 490. The zero-order chi connectivity index (χ0) is 15.8. The van der Waals surface area contributed by atoms with E-state index in [1.54, 1.807) is 0 Å². The van der Waals surface area contributed by atoms with Crippen LogP contribution in [0.1, 0.15) is 29.6 Å². The van der Waals surface area contributed by atoms with Crippen molar-refractivity contribution in [2.24, 2.45) is 5.92 Å². The predicted molar refractivity (Wildman–Crippen MR) is 86.6 cm³/mol. The summed E-state index contributed by atoms with van der Waals surface area (Å²) in [4.78, 5) is 26.0. The highest BCUT2D eigenvalue weighted by atomic mass is 16.2. The number of likely N-dealkylation sites (tertiary alicyclic amines) is 1. The Morgan fingerprint density at radius 1 is 1.27 bits per heavy atom. The Morgan fingerprint density at radius 2 is 2.05 bits per heavy atom. The Hall–Kier alpha value is -1.88. The molecule has 1 fully saturated rings. The van der Waals surface area contributed by atoms with E-state index in [9.17, 15) is 9.59 Å². The molecule has 1 aromatic rings. The molecule has 1 aliphatic heterocycles. The molecular weight excluding hydrogens is 278 g/mol. The van der Waals surface area contributed by atoms with Gasteiger partial charge in [-0.3, -0.25) is 9.59 Å². The van der Waals surface area contributed by atoms with Crippen LogP contribution in [0.2, 0.25) is 0 Å². The average Bonchev–Trinajstić information content (AvgIpc) is 2.58. The second-order valence-corrected chi connectivity index (χ2v) is 5.78. The molecule has 0 bridgehead atoms. The summed E-state index contributed by atoms with van der Waals surface area (Å²) in [5.41, 5.74) is 0.681. The van der Waals surface area contributed by atoms with Crippen molar-refractivity contribution in [3.8, 4) is 0 Å². The summed E-state index contributed by atoms with van der Waals surface area (Å²) < 4.78 is 0. The first-order valence-corrected chi connectivity index (χ1v) is 7.96. The van der Waals surface area contributed by atoms with Gasteiger partial charge in [-0.1, -0.05) is 18.2 Å². The smallest absolute Gasteiger partial charge is 0.251 e. The van der Waals surface area contributed by atoms with Crippen LogP contribution >= 0.6 is 0 Å². The maximum absolute atomic E-state index is 12.1. The van der Waals surface area contributed by atoms with Gasteiger partial charge in [0.2, 0.25) is 5.91 Å². The molecule has 0 saturated carbocycles. The summed E-state index contributed by atoms with van der Waals surface area (Å²) in [6, 6.07) is 9.23. The van der Waals surface area contributed by atoms with Crippen molar-refractivity contribution in [2.75, 3.05) is 33.2 Å². The average molecular weight is 303 g/mol. The van der Waals surface area contributed by atoms with Crippen molar-refractivity contribution in [1.82, 2.24) is 15.5 Å². The second-order valence-electron chi connectivity index (χ2n) is 5.78. The van der Waals surface area contributed by atoms with Crippen LogP contribution in [0.25, 0.3) is 0 Å². The first kappa shape index (κ1) is 16.5. The SMILES string of the molecule is CNCCC(=O)N1CCCC(CNC(=O)c2ccccc2)C1. The van der Waals surface area contributed by atoms with Crippen LogP contribution in [0.15, 0.2) is 30.3 Å². The molecule has 2 rings (SSSR count). The highest BCUT2D eigenvalue weighted by Gasteiger charge is 2.23. The molecule has 1 unspecified atom stereocenters. The minimum atomic E-state index is -0.0424. The van der Waals surface area contributed by atoms with Crippen molar-refractivity contribution in [3.63, 3.8) is 0 Å². The van der Waals surface area contributed by atoms with Gasteiger partial charge in [0.05, 0.1) is 0 Å². The lowest BCUT2D eigenvalue weighted by Gasteiger charge is -2.33. The van der Waals surface area contributed by atoms with E-state index < -0.39 is 0 Å². The van der Waals surface area contributed by atoms with E-state index in [0.29, 0.717) is 31.0 Å². The summed E-state index contributed by atoms with van der Waals surface area (Å²) in [6.07, 6.45) is 2.61. The van der Waals surface area contributed by atoms with Crippen LogP contribution in [0, 0.1) is 5.92 Å². The van der Waals surface area contributed by atoms with Crippen molar-refractivity contribution < 1.29 is 9.59 Å². The Balaban J connectivity index is 1.78. The minimum Gasteiger partial charge on any atom is -0.352 e. The fourth-order valence-electron chi connectivity index (χ4n) is 2.78. The van der Waals surface area contributed by atoms with E-state index in [4.69, 9.17) is 0 Å². The third kappa shape index (κ3) is 4.84. The lowest BCUT2D eigenvalue weighted by atomic mass is 9.97. The standard InChI is InChI=1S/C17H25N3O2/c1-18-10-9-16(21)20-11-5-6-14(13-20)12-19-17(22)15-7-3-2-4-8-15/h2-4,7-8,14,18H,5-6,9-13H2,1H3,(H,19,22). The molecule has 0 spiro atoms. The van der Waals surface area contributed by atoms with Crippen molar-refractivity contribution >= 4 is 11.8 Å². The molecule has 120 valence electrons. The fourth-order valence-corrected chi connectivity index (χ4v) is 2.78. The van der Waals surface area contributed by atoms with Crippen LogP contribution < -0.4 is 10.6 Å². The summed E-state index contributed by atoms with van der Waals surface area (Å²) >= 11 is 0. The molecule has 0 aliphatic carbocycles. The lowest BCUT2D eigenvalue weighted by Crippen LogP contribution is -2.44. The number of nitrogens with zero attached hydrogens (tertiary/aromatic N) is 1. The van der Waals surface area contributed by atoms with E-state index in [1.165, 1.54) is 0 Å². The van der Waals surface area contributed by atoms with E-state index >= 15 is 0 Å². The molecule has 1 aliphatic rings. The Morgan fingerprint density at radius 3 is 2.77 bits per heavy atom. The second kappa shape index (κ2) is 8.54. The maximum atomic E-state index is 12.1. The van der Waals surface area contributed by atoms with E-state index in [2.05, 4.69) is 10.6 Å². The number of rotatable bonds is 6. The minimum absolute atomic E-state index is 0.0424. The first-order chi connectivity index (χ1) is 10.7. The molecule has 22 heavy (non-hydrogen) atoms. The quantitative estimate of drug-likeness (QED) is 0.832. The van der Waals surface area contributed by atoms with E-state index in [-0.39, 0.29) is 11.8 Å². The third-order valence-electron chi connectivity index (χ3n) is 4.05. The van der Waals surface area contributed by atoms with Gasteiger partial charge in [0.1, 0.15) is 0 Å². The number of piperidine rings is 1. The zero-order valence-electron chi connectivity index (χ0n) is 13.2. The van der Waals surface area contributed by atoms with Gasteiger partial charge in [0.15, 0.2) is 0 Å². The first-order valence-electron chi connectivity index (χ1n) is 7.96. The van der Waals surface area contributed by atoms with Gasteiger partial charge in [-0.15, -0.1) is 0 Å². The van der Waals surface area contributed by atoms with Crippen LogP contribution in [-0.2, 0) is 4.79 Å². The molecule has 2 N–H and O–H groups in total. The van der Waals surface area contributed by atoms with Gasteiger partial charge in [-0.05, 0) is 37.9 Å². The Kier molecular flexibility index (Phi) is 6.40. The summed E-state index contributed by atoms with van der Waals surface area (Å²) in [5, 5.41) is 5.98. The highest BCUT2D eigenvalue weighted by Crippen LogP contribution is 2.16. The van der Waals surface area contributed by atoms with Gasteiger partial charge in [-0.2, -0.15) is 0 Å². The molecule has 0 radical (unpaired) electrons. The molecule has 1 aromatic carbocycles. The molecule has 1 heterocycles. The molecule has 2 amide bonds. The summed E-state index contributed by atoms with van der Waals surface area (Å²) in [7, 11) is 1.85. The lowest BCUT2D eigenvalue weighted by molar-refractivity contribution is -0.132. The zero-order valence-corrected chi connectivity index (χ0v) is 13.2. The van der Waals surface area contributed by atoms with Gasteiger partial charge >= 0.3 is 0 Å². The number of carbonyl (C=O) groups is 2. The van der Waals surface area contributed by atoms with Gasteiger partial charge in [-0.25, -0.2) is 0 Å². The van der Waals surface area contributed by atoms with Crippen LogP contribution in [-0.4, -0.2) is 49.9 Å². The largest absolute Gasteiger partial charge is 0.352 e. The summed E-state index contributed by atoms with van der Waals surface area (Å²) in [5.74, 6) is 0.507. The maximum Gasteiger partial charge on any atom is 0.251 e. The van der Waals surface area contributed by atoms with E-state index in [0.717, 1.165) is 25.9 Å². The van der Waals surface area contributed by atoms with Crippen molar-refractivity contribution in [3.05, 3.63) is 35.9 Å². The third-order valence-corrected chi connectivity index (χ3v) is 4.05. The molecule has 5 heteroatoms. The van der Waals surface area contributed by atoms with Gasteiger partial charge in [0, 0.05) is 38.2 Å². The monoisotopic (exact) mass is 303 g/mol. The van der Waals surface area contributed by atoms with Crippen LogP contribution in [0.4, 0.5) is 0 Å². The van der Waals surface area contributed by atoms with E-state index in [1.807, 2.05) is 42.3 Å². The number of carbonyl (C=O) groups excluding carboxylic acids is 2. The molecular formula is C17H25N3O2. The van der Waals surface area contributed by atoms with Crippen molar-refractivity contribution in [2.45, 2.75) is 19.3 Å². The van der Waals surface area contributed by atoms with Gasteiger partial charge in [0.25, 0.3) is 5.91 Å². The number of nitrogens with one attached hydrogen (secondary N) is 2. The topological polar surface area (TPSA) is 61.4 Å². The van der Waals surface area contributed by atoms with Gasteiger partial charge < -0.3 is 15.5 Å². The Labute approximate surface area is 132 Å². The molecule has 5 nitrogen and oxygen atoms in total.